The molecule has 0 unspecified atom stereocenters. The molecule has 9 heteroatoms. The molecule has 2 aliphatic rings. The Morgan fingerprint density at radius 2 is 1.38 bits per heavy atom. The molecule has 0 heterocycles. The monoisotopic (exact) mass is 496 g/mol. The molecule has 0 atom stereocenters. The third kappa shape index (κ3) is 7.28. The topological polar surface area (TPSA) is 18.5 Å². The average molecular weight is 497 g/mol. The Bertz CT molecular complexity index is 798. The first kappa shape index (κ1) is 26.7. The molecule has 0 saturated heterocycles. The Morgan fingerprint density at radius 1 is 0.853 bits per heavy atom. The van der Waals surface area contributed by atoms with Crippen LogP contribution in [0.3, 0.4) is 0 Å². The van der Waals surface area contributed by atoms with E-state index < -0.39 is 41.3 Å². The van der Waals surface area contributed by atoms with Crippen molar-refractivity contribution in [3.05, 3.63) is 36.1 Å². The summed E-state index contributed by atoms with van der Waals surface area (Å²) < 4.78 is 103. The molecule has 0 N–H and O–H groups in total. The molecule has 2 fully saturated rings. The third-order valence-corrected chi connectivity index (χ3v) is 7.17. The van der Waals surface area contributed by atoms with Gasteiger partial charge in [0.1, 0.15) is 5.75 Å². The van der Waals surface area contributed by atoms with Gasteiger partial charge in [-0.05, 0) is 56.3 Å². The lowest BCUT2D eigenvalue weighted by Gasteiger charge is -2.39. The fraction of sp³-hybridized carbons (Fsp3) is 0.680. The highest BCUT2D eigenvalue weighted by molar-refractivity contribution is 5.35. The lowest BCUT2D eigenvalue weighted by atomic mass is 9.68. The zero-order valence-corrected chi connectivity index (χ0v) is 19.2. The number of benzene rings is 1. The minimum Gasteiger partial charge on any atom is -0.459 e. The van der Waals surface area contributed by atoms with Crippen LogP contribution in [0.5, 0.6) is 11.5 Å². The van der Waals surface area contributed by atoms with Crippen molar-refractivity contribution in [2.24, 2.45) is 23.7 Å². The van der Waals surface area contributed by atoms with Gasteiger partial charge in [-0.15, -0.1) is 0 Å². The van der Waals surface area contributed by atoms with Gasteiger partial charge in [-0.2, -0.15) is 22.0 Å². The van der Waals surface area contributed by atoms with Gasteiger partial charge >= 0.3 is 12.3 Å². The molecule has 0 aromatic heterocycles. The van der Waals surface area contributed by atoms with Crippen molar-refractivity contribution >= 4 is 0 Å². The van der Waals surface area contributed by atoms with Gasteiger partial charge < -0.3 is 9.47 Å². The summed E-state index contributed by atoms with van der Waals surface area (Å²) in [6.45, 7) is 2.19. The molecule has 192 valence electrons. The maximum Gasteiger partial charge on any atom is 0.412 e. The van der Waals surface area contributed by atoms with E-state index in [1.807, 2.05) is 0 Å². The summed E-state index contributed by atoms with van der Waals surface area (Å²) in [5.74, 6) is -4.06. The quantitative estimate of drug-likeness (QED) is 0.264. The lowest BCUT2D eigenvalue weighted by Crippen LogP contribution is -2.38. The molecule has 0 spiro atoms. The van der Waals surface area contributed by atoms with Crippen molar-refractivity contribution in [3.63, 3.8) is 0 Å². The number of rotatable bonds is 8. The predicted octanol–water partition coefficient (Wildman–Crippen LogP) is 8.80. The van der Waals surface area contributed by atoms with Crippen LogP contribution in [0.1, 0.15) is 71.1 Å². The highest BCUT2D eigenvalue weighted by Gasteiger charge is 2.45. The molecule has 0 amide bonds. The Kier molecular flexibility index (Phi) is 8.79. The summed E-state index contributed by atoms with van der Waals surface area (Å²) in [5, 5.41) is 0. The molecule has 3 rings (SSSR count). The standard InChI is InChI=1S/C25H31F7O2/c1-2-3-16-4-6-17(7-5-16)18-8-10-19(11-9-18)25(31,32)34-20-14-21(26)23(22(27)15-20)33-13-12-24(28,29)30/h12-19H,2-11H2,1H3/b13-12-. The molecule has 34 heavy (non-hydrogen) atoms. The Labute approximate surface area is 195 Å². The third-order valence-electron chi connectivity index (χ3n) is 7.17. The minimum atomic E-state index is -4.73. The first-order valence-electron chi connectivity index (χ1n) is 12.0. The van der Waals surface area contributed by atoms with E-state index in [0.717, 1.165) is 18.8 Å². The van der Waals surface area contributed by atoms with Gasteiger partial charge in [-0.25, -0.2) is 8.78 Å². The summed E-state index contributed by atoms with van der Waals surface area (Å²) in [5.41, 5.74) is 0. The van der Waals surface area contributed by atoms with E-state index in [1.54, 1.807) is 0 Å². The van der Waals surface area contributed by atoms with E-state index in [1.165, 1.54) is 25.7 Å². The van der Waals surface area contributed by atoms with Crippen molar-refractivity contribution in [2.75, 3.05) is 0 Å². The fourth-order valence-corrected chi connectivity index (χ4v) is 5.41. The zero-order chi connectivity index (χ0) is 24.9. The Morgan fingerprint density at radius 3 is 1.88 bits per heavy atom. The number of hydrogen-bond acceptors (Lipinski definition) is 2. The maximum atomic E-state index is 14.8. The SMILES string of the molecule is CCCC1CCC(C2CCC(C(F)(F)Oc3cc(F)c(O/C=C\C(F)(F)F)c(F)c3)CC2)CC1. The van der Waals surface area contributed by atoms with Crippen molar-refractivity contribution in [1.29, 1.82) is 0 Å². The molecule has 1 aromatic rings. The number of allylic oxidation sites excluding steroid dienone is 1. The summed E-state index contributed by atoms with van der Waals surface area (Å²) in [7, 11) is 0. The number of alkyl halides is 5. The lowest BCUT2D eigenvalue weighted by molar-refractivity contribution is -0.224. The zero-order valence-electron chi connectivity index (χ0n) is 19.2. The summed E-state index contributed by atoms with van der Waals surface area (Å²) >= 11 is 0. The first-order valence-corrected chi connectivity index (χ1v) is 12.0. The number of hydrogen-bond donors (Lipinski definition) is 0. The van der Waals surface area contributed by atoms with Crippen LogP contribution in [-0.2, 0) is 0 Å². The average Bonchev–Trinajstić information content (AvgIpc) is 2.75. The highest BCUT2D eigenvalue weighted by atomic mass is 19.4. The molecule has 2 saturated carbocycles. The van der Waals surface area contributed by atoms with E-state index in [4.69, 9.17) is 0 Å². The van der Waals surface area contributed by atoms with Crippen LogP contribution in [0.25, 0.3) is 0 Å². The van der Waals surface area contributed by atoms with Gasteiger partial charge in [0.2, 0.25) is 0 Å². The van der Waals surface area contributed by atoms with Crippen LogP contribution in [0, 0.1) is 35.3 Å². The van der Waals surface area contributed by atoms with Gasteiger partial charge in [-0.3, -0.25) is 0 Å². The minimum absolute atomic E-state index is 0.0747. The van der Waals surface area contributed by atoms with E-state index in [2.05, 4.69) is 16.4 Å². The van der Waals surface area contributed by atoms with Crippen LogP contribution in [0.4, 0.5) is 30.7 Å². The molecule has 0 bridgehead atoms. The van der Waals surface area contributed by atoms with Gasteiger partial charge in [0.05, 0.1) is 18.3 Å². The summed E-state index contributed by atoms with van der Waals surface area (Å²) in [6.07, 6.45) is 0.409. The summed E-state index contributed by atoms with van der Waals surface area (Å²) in [6, 6.07) is 0.961. The van der Waals surface area contributed by atoms with Gasteiger partial charge in [-0.1, -0.05) is 32.6 Å². The predicted molar refractivity (Wildman–Crippen MR) is 114 cm³/mol. The van der Waals surface area contributed by atoms with Crippen molar-refractivity contribution in [1.82, 2.24) is 0 Å². The second-order valence-electron chi connectivity index (χ2n) is 9.52. The Hall–Kier alpha value is -1.93. The molecular formula is C25H31F7O2. The van der Waals surface area contributed by atoms with Crippen LogP contribution < -0.4 is 9.47 Å². The second-order valence-corrected chi connectivity index (χ2v) is 9.52. The Balaban J connectivity index is 1.54. The highest BCUT2D eigenvalue weighted by Crippen LogP contribution is 2.46. The van der Waals surface area contributed by atoms with Crippen LogP contribution in [-0.4, -0.2) is 12.3 Å². The second kappa shape index (κ2) is 11.2. The normalized spacial score (nSPS) is 26.6. The van der Waals surface area contributed by atoms with Gasteiger partial charge in [0.15, 0.2) is 17.4 Å². The van der Waals surface area contributed by atoms with Crippen LogP contribution >= 0.6 is 0 Å². The molecular weight excluding hydrogens is 465 g/mol. The van der Waals surface area contributed by atoms with Crippen molar-refractivity contribution in [2.45, 2.75) is 83.4 Å². The first-order chi connectivity index (χ1) is 16.0. The van der Waals surface area contributed by atoms with E-state index in [-0.39, 0.29) is 25.2 Å². The largest absolute Gasteiger partial charge is 0.459 e. The smallest absolute Gasteiger partial charge is 0.412 e. The van der Waals surface area contributed by atoms with Crippen molar-refractivity contribution in [3.8, 4) is 11.5 Å². The fourth-order valence-electron chi connectivity index (χ4n) is 5.41. The number of halogens is 7. The molecule has 0 radical (unpaired) electrons. The molecule has 2 aliphatic carbocycles. The van der Waals surface area contributed by atoms with E-state index in [9.17, 15) is 30.7 Å². The van der Waals surface area contributed by atoms with Gasteiger partial charge in [0, 0.05) is 12.1 Å². The van der Waals surface area contributed by atoms with Crippen molar-refractivity contribution < 1.29 is 40.2 Å². The van der Waals surface area contributed by atoms with Crippen LogP contribution in [0.15, 0.2) is 24.5 Å². The molecule has 0 aliphatic heterocycles. The number of ether oxygens (including phenoxy) is 2. The van der Waals surface area contributed by atoms with Gasteiger partial charge in [0.25, 0.3) is 0 Å². The molecule has 2 nitrogen and oxygen atoms in total. The van der Waals surface area contributed by atoms with E-state index in [0.29, 0.717) is 36.8 Å². The summed E-state index contributed by atoms with van der Waals surface area (Å²) in [4.78, 5) is 0. The molecule has 1 aromatic carbocycles. The maximum absolute atomic E-state index is 14.8. The van der Waals surface area contributed by atoms with E-state index >= 15 is 0 Å². The van der Waals surface area contributed by atoms with Crippen LogP contribution in [0.2, 0.25) is 0 Å².